The normalized spacial score (nSPS) is 12.0. The zero-order chi connectivity index (χ0) is 27.4. The molecule has 0 radical (unpaired) electrons. The Kier molecular flexibility index (Phi) is 8.53. The van der Waals surface area contributed by atoms with Crippen molar-refractivity contribution in [3.63, 3.8) is 0 Å². The standard InChI is InChI=1S/C27H29F3N2O4S/c1-18(2)21-11-13-23(14-12-21)31-26(33)32(19(3)4)17-20-7-5-9-24(15-20)36-37(34,35)25-10-6-8-22(16-25)27(28,29)30/h5-16,18-19H,17H2,1-4H3,(H,31,33). The lowest BCUT2D eigenvalue weighted by Gasteiger charge is -2.27. The van der Waals surface area contributed by atoms with Crippen molar-refractivity contribution in [1.82, 2.24) is 4.90 Å². The Morgan fingerprint density at radius 3 is 2.19 bits per heavy atom. The van der Waals surface area contributed by atoms with Gasteiger partial charge in [0, 0.05) is 18.3 Å². The van der Waals surface area contributed by atoms with Gasteiger partial charge in [0.05, 0.1) is 5.56 Å². The number of hydrogen-bond acceptors (Lipinski definition) is 4. The van der Waals surface area contributed by atoms with Gasteiger partial charge >= 0.3 is 22.3 Å². The molecule has 3 aromatic rings. The molecule has 0 aromatic heterocycles. The molecule has 2 amide bonds. The lowest BCUT2D eigenvalue weighted by molar-refractivity contribution is -0.137. The molecule has 0 saturated heterocycles. The number of nitrogens with zero attached hydrogens (tertiary/aromatic N) is 1. The van der Waals surface area contributed by atoms with E-state index < -0.39 is 26.8 Å². The molecule has 37 heavy (non-hydrogen) atoms. The summed E-state index contributed by atoms with van der Waals surface area (Å²) in [5, 5.41) is 2.87. The van der Waals surface area contributed by atoms with Gasteiger partial charge in [-0.15, -0.1) is 0 Å². The van der Waals surface area contributed by atoms with E-state index in [0.29, 0.717) is 23.2 Å². The van der Waals surface area contributed by atoms with Gasteiger partial charge in [0.2, 0.25) is 0 Å². The van der Waals surface area contributed by atoms with Crippen molar-refractivity contribution in [3.8, 4) is 5.75 Å². The van der Waals surface area contributed by atoms with Crippen molar-refractivity contribution < 1.29 is 30.6 Å². The van der Waals surface area contributed by atoms with Gasteiger partial charge in [-0.05, 0) is 73.4 Å². The Morgan fingerprint density at radius 2 is 1.59 bits per heavy atom. The Hall–Kier alpha value is -3.53. The van der Waals surface area contributed by atoms with Crippen LogP contribution in [-0.2, 0) is 22.8 Å². The van der Waals surface area contributed by atoms with Crippen LogP contribution in [0.3, 0.4) is 0 Å². The van der Waals surface area contributed by atoms with E-state index in [0.717, 1.165) is 23.8 Å². The maximum absolute atomic E-state index is 13.0. The molecule has 3 aromatic carbocycles. The van der Waals surface area contributed by atoms with Gasteiger partial charge in [0.25, 0.3) is 0 Å². The van der Waals surface area contributed by atoms with Crippen molar-refractivity contribution in [2.24, 2.45) is 0 Å². The first-order valence-electron chi connectivity index (χ1n) is 11.6. The summed E-state index contributed by atoms with van der Waals surface area (Å²) in [5.74, 6) is 0.284. The molecule has 0 heterocycles. The summed E-state index contributed by atoms with van der Waals surface area (Å²) in [6.07, 6.45) is -4.69. The van der Waals surface area contributed by atoms with E-state index in [1.165, 1.54) is 12.1 Å². The van der Waals surface area contributed by atoms with Crippen LogP contribution in [0.15, 0.2) is 77.7 Å². The largest absolute Gasteiger partial charge is 0.416 e. The van der Waals surface area contributed by atoms with Crippen LogP contribution < -0.4 is 9.50 Å². The Morgan fingerprint density at radius 1 is 0.946 bits per heavy atom. The predicted octanol–water partition coefficient (Wildman–Crippen LogP) is 7.04. The van der Waals surface area contributed by atoms with Crippen molar-refractivity contribution in [2.75, 3.05) is 5.32 Å². The lowest BCUT2D eigenvalue weighted by atomic mass is 10.0. The van der Waals surface area contributed by atoms with Crippen LogP contribution >= 0.6 is 0 Å². The first-order chi connectivity index (χ1) is 17.3. The molecule has 0 bridgehead atoms. The van der Waals surface area contributed by atoms with Gasteiger partial charge in [-0.3, -0.25) is 0 Å². The molecular formula is C27H29F3N2O4S. The van der Waals surface area contributed by atoms with E-state index in [9.17, 15) is 26.4 Å². The lowest BCUT2D eigenvalue weighted by Crippen LogP contribution is -2.39. The van der Waals surface area contributed by atoms with Crippen LogP contribution in [-0.4, -0.2) is 25.4 Å². The average molecular weight is 535 g/mol. The molecule has 0 fully saturated rings. The summed E-state index contributed by atoms with van der Waals surface area (Å²) in [6, 6.07) is 16.4. The zero-order valence-electron chi connectivity index (χ0n) is 20.9. The molecule has 0 aliphatic rings. The highest BCUT2D eigenvalue weighted by Gasteiger charge is 2.32. The number of amides is 2. The number of hydrogen-bond donors (Lipinski definition) is 1. The van der Waals surface area contributed by atoms with Crippen LogP contribution in [0.1, 0.15) is 50.3 Å². The van der Waals surface area contributed by atoms with Gasteiger partial charge in [0.1, 0.15) is 10.6 Å². The number of anilines is 1. The predicted molar refractivity (Wildman–Crippen MR) is 136 cm³/mol. The van der Waals surface area contributed by atoms with E-state index in [1.807, 2.05) is 38.1 Å². The number of carbonyl (C=O) groups is 1. The molecular weight excluding hydrogens is 505 g/mol. The molecule has 10 heteroatoms. The van der Waals surface area contributed by atoms with Crippen LogP contribution in [0, 0.1) is 0 Å². The highest BCUT2D eigenvalue weighted by atomic mass is 32.2. The number of benzene rings is 3. The SMILES string of the molecule is CC(C)c1ccc(NC(=O)N(Cc2cccc(OS(=O)(=O)c3cccc(C(F)(F)F)c3)c2)C(C)C)cc1. The topological polar surface area (TPSA) is 75.7 Å². The molecule has 198 valence electrons. The monoisotopic (exact) mass is 534 g/mol. The summed E-state index contributed by atoms with van der Waals surface area (Å²) in [4.78, 5) is 13.9. The quantitative estimate of drug-likeness (QED) is 0.315. The van der Waals surface area contributed by atoms with Crippen molar-refractivity contribution >= 4 is 21.8 Å². The van der Waals surface area contributed by atoms with E-state index >= 15 is 0 Å². The zero-order valence-corrected chi connectivity index (χ0v) is 21.7. The van der Waals surface area contributed by atoms with Gasteiger partial charge < -0.3 is 14.4 Å². The fourth-order valence-corrected chi connectivity index (χ4v) is 4.50. The second kappa shape index (κ2) is 11.2. The van der Waals surface area contributed by atoms with Crippen LogP contribution in [0.5, 0.6) is 5.75 Å². The van der Waals surface area contributed by atoms with Gasteiger partial charge in [-0.1, -0.05) is 44.2 Å². The van der Waals surface area contributed by atoms with E-state index in [4.69, 9.17) is 4.18 Å². The summed E-state index contributed by atoms with van der Waals surface area (Å²) in [5.41, 5.74) is 1.28. The third kappa shape index (κ3) is 7.48. The van der Waals surface area contributed by atoms with Gasteiger partial charge in [0.15, 0.2) is 0 Å². The number of rotatable bonds is 8. The molecule has 0 unspecified atom stereocenters. The first kappa shape index (κ1) is 28.0. The number of carbonyl (C=O) groups excluding carboxylic acids is 1. The maximum atomic E-state index is 13.0. The molecule has 6 nitrogen and oxygen atoms in total. The number of alkyl halides is 3. The third-order valence-electron chi connectivity index (χ3n) is 5.62. The molecule has 0 atom stereocenters. The molecule has 1 N–H and O–H groups in total. The summed E-state index contributed by atoms with van der Waals surface area (Å²) in [6.45, 7) is 8.00. The second-order valence-corrected chi connectivity index (χ2v) is 10.7. The highest BCUT2D eigenvalue weighted by molar-refractivity contribution is 7.87. The summed E-state index contributed by atoms with van der Waals surface area (Å²) >= 11 is 0. The van der Waals surface area contributed by atoms with Crippen LogP contribution in [0.25, 0.3) is 0 Å². The minimum absolute atomic E-state index is 0.0803. The highest BCUT2D eigenvalue weighted by Crippen LogP contribution is 2.31. The Balaban J connectivity index is 1.75. The maximum Gasteiger partial charge on any atom is 0.416 e. The van der Waals surface area contributed by atoms with E-state index in [2.05, 4.69) is 19.2 Å². The van der Waals surface area contributed by atoms with Crippen LogP contribution in [0.4, 0.5) is 23.7 Å². The number of urea groups is 1. The summed E-state index contributed by atoms with van der Waals surface area (Å²) in [7, 11) is -4.52. The Labute approximate surface area is 215 Å². The third-order valence-corrected chi connectivity index (χ3v) is 6.86. The molecule has 0 aliphatic heterocycles. The molecule has 0 spiro atoms. The van der Waals surface area contributed by atoms with Crippen LogP contribution in [0.2, 0.25) is 0 Å². The molecule has 0 saturated carbocycles. The minimum atomic E-state index is -4.69. The fraction of sp³-hybridized carbons (Fsp3) is 0.296. The molecule has 3 rings (SSSR count). The fourth-order valence-electron chi connectivity index (χ4n) is 3.53. The van der Waals surface area contributed by atoms with Crippen molar-refractivity contribution in [3.05, 3.63) is 89.5 Å². The second-order valence-electron chi connectivity index (χ2n) is 9.14. The van der Waals surface area contributed by atoms with Gasteiger partial charge in [-0.25, -0.2) is 4.79 Å². The van der Waals surface area contributed by atoms with E-state index in [1.54, 1.807) is 17.0 Å². The molecule has 0 aliphatic carbocycles. The summed E-state index contributed by atoms with van der Waals surface area (Å²) < 4.78 is 69.4. The minimum Gasteiger partial charge on any atom is -0.379 e. The van der Waals surface area contributed by atoms with Crippen molar-refractivity contribution in [2.45, 2.75) is 57.3 Å². The van der Waals surface area contributed by atoms with Crippen molar-refractivity contribution in [1.29, 1.82) is 0 Å². The van der Waals surface area contributed by atoms with E-state index in [-0.39, 0.29) is 24.4 Å². The number of halogens is 3. The average Bonchev–Trinajstić information content (AvgIpc) is 2.82. The first-order valence-corrected chi connectivity index (χ1v) is 13.1. The number of nitrogens with one attached hydrogen (secondary N) is 1. The Bertz CT molecular complexity index is 1340. The smallest absolute Gasteiger partial charge is 0.379 e. The van der Waals surface area contributed by atoms with Gasteiger partial charge in [-0.2, -0.15) is 21.6 Å².